The van der Waals surface area contributed by atoms with Crippen molar-refractivity contribution < 1.29 is 0 Å². The van der Waals surface area contributed by atoms with Crippen LogP contribution in [0.3, 0.4) is 0 Å². The molecule has 1 aromatic heterocycles. The van der Waals surface area contributed by atoms with E-state index in [0.29, 0.717) is 0 Å². The van der Waals surface area contributed by atoms with Gasteiger partial charge in [0.25, 0.3) is 0 Å². The molecule has 0 spiro atoms. The topological polar surface area (TPSA) is 19.4 Å². The number of nitrogens with zero attached hydrogens (tertiary/aromatic N) is 3. The number of hydrogen-bond donors (Lipinski definition) is 0. The lowest BCUT2D eigenvalue weighted by atomic mass is 10.0. The highest BCUT2D eigenvalue weighted by atomic mass is 15.2. The summed E-state index contributed by atoms with van der Waals surface area (Å²) in [4.78, 5) is 9.62. The zero-order valence-corrected chi connectivity index (χ0v) is 12.4. The van der Waals surface area contributed by atoms with Gasteiger partial charge in [-0.15, -0.1) is 0 Å². The van der Waals surface area contributed by atoms with Gasteiger partial charge in [-0.2, -0.15) is 0 Å². The summed E-state index contributed by atoms with van der Waals surface area (Å²) in [7, 11) is 2.23. The molecule has 108 valence electrons. The lowest BCUT2D eigenvalue weighted by Crippen LogP contribution is -2.26. The van der Waals surface area contributed by atoms with Gasteiger partial charge in [0.05, 0.1) is 17.6 Å². The minimum atomic E-state index is 0.837. The van der Waals surface area contributed by atoms with Gasteiger partial charge in [-0.3, -0.25) is 4.98 Å². The summed E-state index contributed by atoms with van der Waals surface area (Å²) in [5.74, 6) is 1.67. The van der Waals surface area contributed by atoms with Crippen molar-refractivity contribution in [2.75, 3.05) is 38.1 Å². The minimum Gasteiger partial charge on any atom is -0.370 e. The molecule has 0 bridgehead atoms. The van der Waals surface area contributed by atoms with Crippen LogP contribution < -0.4 is 4.90 Å². The van der Waals surface area contributed by atoms with Gasteiger partial charge in [0, 0.05) is 31.7 Å². The van der Waals surface area contributed by atoms with Crippen LogP contribution >= 0.6 is 0 Å². The summed E-state index contributed by atoms with van der Waals surface area (Å²) in [5, 5.41) is 0. The third-order valence-electron chi connectivity index (χ3n) is 4.85. The maximum absolute atomic E-state index is 4.65. The van der Waals surface area contributed by atoms with Crippen molar-refractivity contribution in [1.82, 2.24) is 9.88 Å². The number of benzene rings is 1. The minimum absolute atomic E-state index is 0.837. The Labute approximate surface area is 126 Å². The highest BCUT2D eigenvalue weighted by molar-refractivity contribution is 5.61. The SMILES string of the molecule is CN1C[C@@H]2CN(c3ccc(-c4ccccc4)nc3)C[C@@H]2C1. The summed E-state index contributed by atoms with van der Waals surface area (Å²) in [5.41, 5.74) is 3.51. The molecule has 3 heterocycles. The van der Waals surface area contributed by atoms with Crippen molar-refractivity contribution in [3.05, 3.63) is 48.7 Å². The normalized spacial score (nSPS) is 25.3. The zero-order valence-electron chi connectivity index (χ0n) is 12.4. The number of aromatic nitrogens is 1. The summed E-state index contributed by atoms with van der Waals surface area (Å²) in [6.45, 7) is 4.86. The number of anilines is 1. The second-order valence-corrected chi connectivity index (χ2v) is 6.41. The molecular weight excluding hydrogens is 258 g/mol. The van der Waals surface area contributed by atoms with Crippen LogP contribution in [0.2, 0.25) is 0 Å². The summed E-state index contributed by atoms with van der Waals surface area (Å²) in [6.07, 6.45) is 2.03. The van der Waals surface area contributed by atoms with Crippen LogP contribution in [-0.4, -0.2) is 43.1 Å². The van der Waals surface area contributed by atoms with Crippen LogP contribution in [-0.2, 0) is 0 Å². The monoisotopic (exact) mass is 279 g/mol. The molecule has 2 aliphatic heterocycles. The predicted molar refractivity (Wildman–Crippen MR) is 86.4 cm³/mol. The molecule has 3 nitrogen and oxygen atoms in total. The van der Waals surface area contributed by atoms with E-state index in [4.69, 9.17) is 0 Å². The quantitative estimate of drug-likeness (QED) is 0.842. The molecule has 2 atom stereocenters. The van der Waals surface area contributed by atoms with E-state index in [-0.39, 0.29) is 0 Å². The average Bonchev–Trinajstić information content (AvgIpc) is 3.06. The molecule has 0 radical (unpaired) electrons. The maximum Gasteiger partial charge on any atom is 0.0703 e. The molecule has 0 unspecified atom stereocenters. The Hall–Kier alpha value is -1.87. The predicted octanol–water partition coefficient (Wildman–Crippen LogP) is 2.75. The van der Waals surface area contributed by atoms with Gasteiger partial charge < -0.3 is 9.80 Å². The molecule has 2 fully saturated rings. The third kappa shape index (κ3) is 2.42. The smallest absolute Gasteiger partial charge is 0.0703 e. The second kappa shape index (κ2) is 5.15. The molecule has 0 amide bonds. The van der Waals surface area contributed by atoms with Crippen molar-refractivity contribution in [3.63, 3.8) is 0 Å². The fraction of sp³-hybridized carbons (Fsp3) is 0.389. The molecule has 0 saturated carbocycles. The van der Waals surface area contributed by atoms with Gasteiger partial charge in [0.2, 0.25) is 0 Å². The molecule has 21 heavy (non-hydrogen) atoms. The van der Waals surface area contributed by atoms with Crippen LogP contribution in [0.5, 0.6) is 0 Å². The molecular formula is C18H21N3. The van der Waals surface area contributed by atoms with E-state index in [0.717, 1.165) is 17.5 Å². The van der Waals surface area contributed by atoms with E-state index in [1.165, 1.54) is 37.4 Å². The third-order valence-corrected chi connectivity index (χ3v) is 4.85. The van der Waals surface area contributed by atoms with E-state index in [1.54, 1.807) is 0 Å². The van der Waals surface area contributed by atoms with E-state index < -0.39 is 0 Å². The summed E-state index contributed by atoms with van der Waals surface area (Å²) < 4.78 is 0. The molecule has 2 aromatic rings. The first-order valence-electron chi connectivity index (χ1n) is 7.74. The molecule has 0 N–H and O–H groups in total. The first kappa shape index (κ1) is 12.8. The molecule has 4 rings (SSSR count). The van der Waals surface area contributed by atoms with Crippen LogP contribution in [0.4, 0.5) is 5.69 Å². The Bertz CT molecular complexity index is 594. The number of fused-ring (bicyclic) bond motifs is 1. The number of likely N-dealkylation sites (tertiary alicyclic amines) is 1. The highest BCUT2D eigenvalue weighted by Crippen LogP contribution is 2.33. The van der Waals surface area contributed by atoms with E-state index >= 15 is 0 Å². The van der Waals surface area contributed by atoms with Gasteiger partial charge in [-0.25, -0.2) is 0 Å². The van der Waals surface area contributed by atoms with Crippen molar-refractivity contribution in [2.24, 2.45) is 11.8 Å². The Morgan fingerprint density at radius 3 is 2.24 bits per heavy atom. The lowest BCUT2D eigenvalue weighted by Gasteiger charge is -2.21. The first-order valence-corrected chi connectivity index (χ1v) is 7.74. The summed E-state index contributed by atoms with van der Waals surface area (Å²) in [6, 6.07) is 14.7. The summed E-state index contributed by atoms with van der Waals surface area (Å²) >= 11 is 0. The van der Waals surface area contributed by atoms with Crippen molar-refractivity contribution in [3.8, 4) is 11.3 Å². The van der Waals surface area contributed by atoms with Crippen LogP contribution in [0.25, 0.3) is 11.3 Å². The van der Waals surface area contributed by atoms with Crippen molar-refractivity contribution in [1.29, 1.82) is 0 Å². The molecule has 1 aromatic carbocycles. The largest absolute Gasteiger partial charge is 0.370 e. The van der Waals surface area contributed by atoms with E-state index in [1.807, 2.05) is 12.3 Å². The number of hydrogen-bond acceptors (Lipinski definition) is 3. The van der Waals surface area contributed by atoms with Gasteiger partial charge in [-0.05, 0) is 31.0 Å². The number of pyridine rings is 1. The second-order valence-electron chi connectivity index (χ2n) is 6.41. The zero-order chi connectivity index (χ0) is 14.2. The standard InChI is InChI=1S/C18H21N3/c1-20-10-15-12-21(13-16(15)11-20)17-7-8-18(19-9-17)14-5-3-2-4-6-14/h2-9,15-16H,10-13H2,1H3/t15-,16+. The molecule has 2 saturated heterocycles. The van der Waals surface area contributed by atoms with Gasteiger partial charge in [0.1, 0.15) is 0 Å². The molecule has 0 aliphatic carbocycles. The van der Waals surface area contributed by atoms with Crippen LogP contribution in [0.15, 0.2) is 48.7 Å². The molecule has 3 heteroatoms. The fourth-order valence-corrected chi connectivity index (χ4v) is 3.79. The Morgan fingerprint density at radius 1 is 0.905 bits per heavy atom. The van der Waals surface area contributed by atoms with Gasteiger partial charge in [-0.1, -0.05) is 30.3 Å². The Kier molecular flexibility index (Phi) is 3.15. The number of rotatable bonds is 2. The Morgan fingerprint density at radius 2 is 1.62 bits per heavy atom. The first-order chi connectivity index (χ1) is 10.3. The lowest BCUT2D eigenvalue weighted by molar-refractivity contribution is 0.387. The van der Waals surface area contributed by atoms with E-state index in [2.05, 4.69) is 58.2 Å². The average molecular weight is 279 g/mol. The van der Waals surface area contributed by atoms with Gasteiger partial charge >= 0.3 is 0 Å². The van der Waals surface area contributed by atoms with Gasteiger partial charge in [0.15, 0.2) is 0 Å². The molecule has 2 aliphatic rings. The highest BCUT2D eigenvalue weighted by Gasteiger charge is 2.38. The maximum atomic E-state index is 4.65. The Balaban J connectivity index is 1.50. The van der Waals surface area contributed by atoms with Crippen LogP contribution in [0.1, 0.15) is 0 Å². The van der Waals surface area contributed by atoms with E-state index in [9.17, 15) is 0 Å². The van der Waals surface area contributed by atoms with Crippen molar-refractivity contribution >= 4 is 5.69 Å². The van der Waals surface area contributed by atoms with Crippen LogP contribution in [0, 0.1) is 11.8 Å². The van der Waals surface area contributed by atoms with Crippen molar-refractivity contribution in [2.45, 2.75) is 0 Å². The fourth-order valence-electron chi connectivity index (χ4n) is 3.79.